The molecule has 5 heteroatoms. The van der Waals surface area contributed by atoms with E-state index in [0.717, 1.165) is 53.3 Å². The summed E-state index contributed by atoms with van der Waals surface area (Å²) in [5.74, 6) is 1.21. The van der Waals surface area contributed by atoms with Crippen LogP contribution in [0.25, 0.3) is 21.5 Å². The Kier molecular flexibility index (Phi) is 6.49. The van der Waals surface area contributed by atoms with Crippen LogP contribution in [0.2, 0.25) is 0 Å². The monoisotopic (exact) mass is 530 g/mol. The molecule has 0 aliphatic heterocycles. The van der Waals surface area contributed by atoms with Gasteiger partial charge in [-0.3, -0.25) is 9.59 Å². The van der Waals surface area contributed by atoms with Crippen LogP contribution in [0.1, 0.15) is 65.4 Å². The largest absolute Gasteiger partial charge is 0.462 e. The number of hydrogen-bond acceptors (Lipinski definition) is 5. The molecule has 4 fully saturated rings. The minimum absolute atomic E-state index is 0.0322. The molecule has 4 nitrogen and oxygen atoms in total. The second-order valence-electron chi connectivity index (χ2n) is 12.6. The van der Waals surface area contributed by atoms with Crippen molar-refractivity contribution in [2.24, 2.45) is 35.5 Å². The molecule has 0 aromatic heterocycles. The van der Waals surface area contributed by atoms with Crippen LogP contribution in [0, 0.1) is 35.5 Å². The van der Waals surface area contributed by atoms with Crippen LogP contribution in [-0.4, -0.2) is 18.0 Å². The van der Waals surface area contributed by atoms with E-state index in [1.54, 1.807) is 0 Å². The zero-order valence-electron chi connectivity index (χ0n) is 22.8. The first kappa shape index (κ1) is 25.7. The molecule has 1 atom stereocenters. The van der Waals surface area contributed by atoms with Crippen molar-refractivity contribution in [1.82, 2.24) is 0 Å². The molecule has 4 saturated carbocycles. The molecule has 4 aliphatic carbocycles. The van der Waals surface area contributed by atoms with Gasteiger partial charge in [-0.05, 0) is 127 Å². The summed E-state index contributed by atoms with van der Waals surface area (Å²) < 4.78 is 12.3. The van der Waals surface area contributed by atoms with Crippen molar-refractivity contribution >= 4 is 46.1 Å². The van der Waals surface area contributed by atoms with Crippen LogP contribution in [-0.2, 0) is 24.7 Å². The predicted octanol–water partition coefficient (Wildman–Crippen LogP) is 7.70. The minimum Gasteiger partial charge on any atom is -0.462 e. The highest BCUT2D eigenvalue weighted by Crippen LogP contribution is 2.58. The number of esters is 2. The molecule has 0 spiro atoms. The van der Waals surface area contributed by atoms with E-state index in [9.17, 15) is 9.59 Å². The molecular formula is C33H38O4S. The summed E-state index contributed by atoms with van der Waals surface area (Å²) in [6.07, 6.45) is 4.68. The first-order valence-corrected chi connectivity index (χ1v) is 14.7. The van der Waals surface area contributed by atoms with Crippen molar-refractivity contribution in [1.29, 1.82) is 0 Å². The SMILES string of the molecule is CCC(C)C(=O)OC1C2CC3CC1CC(C2)C3C(=O)OC(C)(C)c1ccc2cc3ccc(S)cc3cc2c1. The van der Waals surface area contributed by atoms with Crippen molar-refractivity contribution in [2.45, 2.75) is 76.4 Å². The first-order chi connectivity index (χ1) is 18.1. The number of ether oxygens (including phenoxy) is 2. The second kappa shape index (κ2) is 9.59. The molecule has 0 heterocycles. The third kappa shape index (κ3) is 4.51. The molecule has 38 heavy (non-hydrogen) atoms. The maximum atomic E-state index is 13.7. The zero-order chi connectivity index (χ0) is 26.8. The van der Waals surface area contributed by atoms with E-state index in [2.05, 4.69) is 55.1 Å². The van der Waals surface area contributed by atoms with E-state index in [4.69, 9.17) is 9.47 Å². The molecule has 7 rings (SSSR count). The molecule has 200 valence electrons. The standard InChI is InChI=1S/C33H38O4S/c1-5-18(2)31(34)36-30-25-12-23-13-26(30)15-24(14-25)29(23)32(35)37-33(3,4)27-8-6-19-10-20-7-9-28(38)17-22(20)11-21(19)16-27/h6-11,16-18,23-26,29-30,38H,5,12-15H2,1-4H3. The Labute approximate surface area is 230 Å². The molecule has 4 aliphatic rings. The predicted molar refractivity (Wildman–Crippen MR) is 153 cm³/mol. The van der Waals surface area contributed by atoms with Crippen molar-refractivity contribution in [3.63, 3.8) is 0 Å². The number of fused-ring (bicyclic) bond motifs is 2. The van der Waals surface area contributed by atoms with Gasteiger partial charge in [-0.2, -0.15) is 0 Å². The summed E-state index contributed by atoms with van der Waals surface area (Å²) in [6, 6.07) is 16.9. The lowest BCUT2D eigenvalue weighted by Crippen LogP contribution is -2.56. The van der Waals surface area contributed by atoms with Gasteiger partial charge in [0, 0.05) is 4.90 Å². The summed E-state index contributed by atoms with van der Waals surface area (Å²) in [7, 11) is 0. The van der Waals surface area contributed by atoms with E-state index in [1.807, 2.05) is 33.8 Å². The molecular weight excluding hydrogens is 492 g/mol. The fourth-order valence-electron chi connectivity index (χ4n) is 7.57. The average molecular weight is 531 g/mol. The third-order valence-corrected chi connectivity index (χ3v) is 10.0. The van der Waals surface area contributed by atoms with Crippen molar-refractivity contribution < 1.29 is 19.1 Å². The van der Waals surface area contributed by atoms with E-state index in [-0.39, 0.29) is 29.9 Å². The van der Waals surface area contributed by atoms with Crippen molar-refractivity contribution in [3.05, 3.63) is 54.1 Å². The Morgan fingerprint density at radius 3 is 2.08 bits per heavy atom. The highest BCUT2D eigenvalue weighted by atomic mass is 32.1. The lowest BCUT2D eigenvalue weighted by Gasteiger charge is -2.56. The highest BCUT2D eigenvalue weighted by Gasteiger charge is 2.57. The van der Waals surface area contributed by atoms with E-state index < -0.39 is 5.60 Å². The molecule has 0 radical (unpaired) electrons. The normalized spacial score (nSPS) is 29.0. The smallest absolute Gasteiger partial charge is 0.310 e. The third-order valence-electron chi connectivity index (χ3n) is 9.74. The number of thiol groups is 1. The summed E-state index contributed by atoms with van der Waals surface area (Å²) in [6.45, 7) is 7.97. The molecule has 0 amide bonds. The highest BCUT2D eigenvalue weighted by molar-refractivity contribution is 7.80. The second-order valence-corrected chi connectivity index (χ2v) is 13.1. The Hall–Kier alpha value is -2.53. The molecule has 0 N–H and O–H groups in total. The van der Waals surface area contributed by atoms with Gasteiger partial charge in [0.25, 0.3) is 0 Å². The van der Waals surface area contributed by atoms with Gasteiger partial charge in [-0.15, -0.1) is 12.6 Å². The Morgan fingerprint density at radius 2 is 1.45 bits per heavy atom. The fraction of sp³-hybridized carbons (Fsp3) is 0.515. The van der Waals surface area contributed by atoms with Crippen molar-refractivity contribution in [3.8, 4) is 0 Å². The van der Waals surface area contributed by atoms with Crippen LogP contribution in [0.4, 0.5) is 0 Å². The Balaban J connectivity index is 1.17. The molecule has 3 aromatic rings. The maximum absolute atomic E-state index is 13.7. The Bertz CT molecular complexity index is 1380. The summed E-state index contributed by atoms with van der Waals surface area (Å²) in [5.41, 5.74) is 0.273. The van der Waals surface area contributed by atoms with Gasteiger partial charge in [-0.25, -0.2) is 0 Å². The van der Waals surface area contributed by atoms with E-state index >= 15 is 0 Å². The molecule has 4 bridgehead atoms. The van der Waals surface area contributed by atoms with Gasteiger partial charge >= 0.3 is 11.9 Å². The topological polar surface area (TPSA) is 52.6 Å². The lowest BCUT2D eigenvalue weighted by atomic mass is 9.50. The van der Waals surface area contributed by atoms with E-state index in [1.165, 1.54) is 10.8 Å². The van der Waals surface area contributed by atoms with Crippen LogP contribution in [0.3, 0.4) is 0 Å². The van der Waals surface area contributed by atoms with Gasteiger partial charge in [0.05, 0.1) is 11.8 Å². The molecule has 3 aromatic carbocycles. The first-order valence-electron chi connectivity index (χ1n) is 14.2. The lowest BCUT2D eigenvalue weighted by molar-refractivity contribution is -0.195. The fourth-order valence-corrected chi connectivity index (χ4v) is 7.78. The van der Waals surface area contributed by atoms with Gasteiger partial charge in [0.2, 0.25) is 0 Å². The maximum Gasteiger partial charge on any atom is 0.310 e. The van der Waals surface area contributed by atoms with Gasteiger partial charge in [0.1, 0.15) is 11.7 Å². The summed E-state index contributed by atoms with van der Waals surface area (Å²) in [5, 5.41) is 4.64. The molecule has 1 unspecified atom stereocenters. The molecule has 0 saturated heterocycles. The van der Waals surface area contributed by atoms with Crippen LogP contribution >= 0.6 is 12.6 Å². The Morgan fingerprint density at radius 1 is 0.868 bits per heavy atom. The van der Waals surface area contributed by atoms with Crippen LogP contribution < -0.4 is 0 Å². The number of carbonyl (C=O) groups is 2. The van der Waals surface area contributed by atoms with Gasteiger partial charge < -0.3 is 9.47 Å². The average Bonchev–Trinajstić information content (AvgIpc) is 2.87. The zero-order valence-corrected chi connectivity index (χ0v) is 23.7. The number of benzene rings is 3. The number of hydrogen-bond donors (Lipinski definition) is 1. The van der Waals surface area contributed by atoms with Gasteiger partial charge in [-0.1, -0.05) is 32.0 Å². The number of carbonyl (C=O) groups excluding carboxylic acids is 2. The van der Waals surface area contributed by atoms with E-state index in [0.29, 0.717) is 23.7 Å². The van der Waals surface area contributed by atoms with Crippen molar-refractivity contribution in [2.75, 3.05) is 0 Å². The summed E-state index contributed by atoms with van der Waals surface area (Å²) >= 11 is 4.50. The minimum atomic E-state index is -0.728. The quantitative estimate of drug-likeness (QED) is 0.202. The van der Waals surface area contributed by atoms with Gasteiger partial charge in [0.15, 0.2) is 0 Å². The number of rotatable bonds is 6. The van der Waals surface area contributed by atoms with Crippen LogP contribution in [0.5, 0.6) is 0 Å². The summed E-state index contributed by atoms with van der Waals surface area (Å²) in [4.78, 5) is 27.1. The van der Waals surface area contributed by atoms with Crippen LogP contribution in [0.15, 0.2) is 53.4 Å².